The first-order valence-corrected chi connectivity index (χ1v) is 9.27. The van der Waals surface area contributed by atoms with E-state index in [1.165, 1.54) is 0 Å². The summed E-state index contributed by atoms with van der Waals surface area (Å²) >= 11 is 6.31. The first kappa shape index (κ1) is 17.8. The van der Waals surface area contributed by atoms with Gasteiger partial charge in [-0.15, -0.1) is 0 Å². The maximum absolute atomic E-state index is 11.9. The van der Waals surface area contributed by atoms with Crippen molar-refractivity contribution in [1.82, 2.24) is 19.7 Å². The number of hydrogen-bond donors (Lipinski definition) is 3. The summed E-state index contributed by atoms with van der Waals surface area (Å²) in [6, 6.07) is -0.111. The van der Waals surface area contributed by atoms with E-state index in [2.05, 4.69) is 37.9 Å². The van der Waals surface area contributed by atoms with Crippen LogP contribution < -0.4 is 16.4 Å². The molecule has 2 aliphatic carbocycles. The molecule has 0 spiro atoms. The third-order valence-electron chi connectivity index (χ3n) is 5.58. The van der Waals surface area contributed by atoms with Crippen LogP contribution in [0.1, 0.15) is 17.8 Å². The van der Waals surface area contributed by atoms with Crippen molar-refractivity contribution in [3.8, 4) is 0 Å². The topological polar surface area (TPSA) is 111 Å². The molecule has 2 heterocycles. The lowest BCUT2D eigenvalue weighted by atomic mass is 9.88. The summed E-state index contributed by atoms with van der Waals surface area (Å²) in [6.45, 7) is 3.89. The van der Waals surface area contributed by atoms with Gasteiger partial charge in [0.15, 0.2) is 5.82 Å². The van der Waals surface area contributed by atoms with Gasteiger partial charge in [0.1, 0.15) is 5.02 Å². The second-order valence-electron chi connectivity index (χ2n) is 7.23. The van der Waals surface area contributed by atoms with Crippen molar-refractivity contribution in [3.63, 3.8) is 0 Å². The Hall–Kier alpha value is -2.61. The number of hydrogen-bond acceptors (Lipinski definition) is 6. The van der Waals surface area contributed by atoms with Crippen LogP contribution in [-0.2, 0) is 11.8 Å². The number of allylic oxidation sites excluding steroid dienone is 1. The molecule has 9 heteroatoms. The third kappa shape index (κ3) is 3.03. The number of carbonyl (C=O) groups excluding carboxylic acids is 1. The highest BCUT2D eigenvalue weighted by atomic mass is 35.5. The molecule has 142 valence electrons. The fraction of sp³-hybridized carbons (Fsp3) is 0.444. The Morgan fingerprint density at radius 3 is 2.74 bits per heavy atom. The van der Waals surface area contributed by atoms with Gasteiger partial charge in [-0.3, -0.25) is 9.48 Å². The average Bonchev–Trinajstić information content (AvgIpc) is 3.28. The van der Waals surface area contributed by atoms with Crippen molar-refractivity contribution in [2.45, 2.75) is 26.3 Å². The zero-order valence-corrected chi connectivity index (χ0v) is 16.2. The molecular weight excluding hydrogens is 366 g/mol. The zero-order valence-electron chi connectivity index (χ0n) is 15.4. The van der Waals surface area contributed by atoms with Crippen LogP contribution in [0.2, 0.25) is 5.02 Å². The lowest BCUT2D eigenvalue weighted by molar-refractivity contribution is -0.122. The van der Waals surface area contributed by atoms with E-state index in [0.29, 0.717) is 16.8 Å². The Kier molecular flexibility index (Phi) is 4.30. The molecule has 0 saturated heterocycles. The summed E-state index contributed by atoms with van der Waals surface area (Å²) in [4.78, 5) is 20.7. The normalized spacial score (nSPS) is 25.8. The maximum atomic E-state index is 11.9. The molecule has 0 aromatic carbocycles. The number of nitrogens with two attached hydrogens (primary N) is 1. The van der Waals surface area contributed by atoms with Crippen LogP contribution in [-0.4, -0.2) is 31.7 Å². The Bertz CT molecular complexity index is 938. The zero-order chi connectivity index (χ0) is 19.3. The second kappa shape index (κ2) is 6.53. The molecule has 4 rings (SSSR count). The Labute approximate surface area is 162 Å². The number of nitrogens with zero attached hydrogens (tertiary/aromatic N) is 4. The molecule has 27 heavy (non-hydrogen) atoms. The van der Waals surface area contributed by atoms with Crippen LogP contribution in [0.15, 0.2) is 18.3 Å². The molecule has 0 radical (unpaired) electrons. The monoisotopic (exact) mass is 387 g/mol. The number of rotatable bonds is 5. The van der Waals surface area contributed by atoms with Gasteiger partial charge in [-0.25, -0.2) is 4.98 Å². The molecule has 1 amide bonds. The van der Waals surface area contributed by atoms with E-state index in [0.717, 1.165) is 23.5 Å². The molecule has 2 aromatic rings. The van der Waals surface area contributed by atoms with E-state index >= 15 is 0 Å². The number of nitrogens with one attached hydrogen (secondary N) is 2. The number of primary amides is 1. The van der Waals surface area contributed by atoms with Crippen LogP contribution in [0.3, 0.4) is 0 Å². The summed E-state index contributed by atoms with van der Waals surface area (Å²) in [5.41, 5.74) is 8.33. The van der Waals surface area contributed by atoms with Gasteiger partial charge in [0.05, 0.1) is 29.2 Å². The van der Waals surface area contributed by atoms with Crippen LogP contribution in [0.4, 0.5) is 17.5 Å². The quantitative estimate of drug-likeness (QED) is 0.679. The molecule has 1 saturated carbocycles. The Balaban J connectivity index is 1.60. The highest BCUT2D eigenvalue weighted by Gasteiger charge is 2.47. The Morgan fingerprint density at radius 1 is 1.33 bits per heavy atom. The van der Waals surface area contributed by atoms with E-state index < -0.39 is 0 Å². The predicted molar refractivity (Wildman–Crippen MR) is 104 cm³/mol. The molecule has 0 aliphatic heterocycles. The minimum Gasteiger partial charge on any atom is -0.369 e. The molecule has 8 nitrogen and oxygen atoms in total. The van der Waals surface area contributed by atoms with E-state index in [9.17, 15) is 4.79 Å². The minimum absolute atomic E-state index is 0.111. The summed E-state index contributed by atoms with van der Waals surface area (Å²) < 4.78 is 1.80. The maximum Gasteiger partial charge on any atom is 0.229 e. The third-order valence-corrected chi connectivity index (χ3v) is 5.86. The summed E-state index contributed by atoms with van der Waals surface area (Å²) in [6.07, 6.45) is 6.69. The predicted octanol–water partition coefficient (Wildman–Crippen LogP) is 2.31. The molecular formula is C18H22ClN7O. The van der Waals surface area contributed by atoms with Gasteiger partial charge in [0.25, 0.3) is 0 Å². The first-order chi connectivity index (χ1) is 12.8. The van der Waals surface area contributed by atoms with Crippen LogP contribution in [0, 0.1) is 31.6 Å². The largest absolute Gasteiger partial charge is 0.369 e. The molecule has 2 bridgehead atoms. The number of aromatic nitrogens is 4. The fourth-order valence-electron chi connectivity index (χ4n) is 4.16. The van der Waals surface area contributed by atoms with E-state index in [1.54, 1.807) is 10.9 Å². The second-order valence-corrected chi connectivity index (χ2v) is 7.64. The number of halogens is 1. The summed E-state index contributed by atoms with van der Waals surface area (Å²) in [7, 11) is 1.88. The number of amides is 1. The van der Waals surface area contributed by atoms with Gasteiger partial charge in [0, 0.05) is 13.1 Å². The molecule has 4 N–H and O–H groups in total. The minimum atomic E-state index is -0.297. The number of fused-ring (bicyclic) bond motifs is 2. The highest BCUT2D eigenvalue weighted by Crippen LogP contribution is 2.45. The van der Waals surface area contributed by atoms with Gasteiger partial charge in [-0.1, -0.05) is 23.8 Å². The smallest absolute Gasteiger partial charge is 0.229 e. The Morgan fingerprint density at radius 2 is 2.07 bits per heavy atom. The van der Waals surface area contributed by atoms with Crippen molar-refractivity contribution in [1.29, 1.82) is 0 Å². The van der Waals surface area contributed by atoms with Gasteiger partial charge < -0.3 is 16.4 Å². The number of aryl methyl sites for hydroxylation is 2. The van der Waals surface area contributed by atoms with Crippen LogP contribution in [0.25, 0.3) is 0 Å². The van der Waals surface area contributed by atoms with Gasteiger partial charge >= 0.3 is 0 Å². The van der Waals surface area contributed by atoms with Crippen LogP contribution >= 0.6 is 11.6 Å². The van der Waals surface area contributed by atoms with Crippen molar-refractivity contribution in [3.05, 3.63) is 34.8 Å². The number of carbonyl (C=O) groups is 1. The van der Waals surface area contributed by atoms with E-state index in [1.807, 2.05) is 20.9 Å². The molecule has 2 aliphatic rings. The van der Waals surface area contributed by atoms with Crippen molar-refractivity contribution in [2.24, 2.45) is 30.5 Å². The van der Waals surface area contributed by atoms with Crippen molar-refractivity contribution in [2.75, 3.05) is 10.6 Å². The first-order valence-electron chi connectivity index (χ1n) is 8.89. The molecule has 0 unspecified atom stereocenters. The molecule has 2 aromatic heterocycles. The van der Waals surface area contributed by atoms with Crippen LogP contribution in [0.5, 0.6) is 0 Å². The van der Waals surface area contributed by atoms with Gasteiger partial charge in [0.2, 0.25) is 11.9 Å². The highest BCUT2D eigenvalue weighted by molar-refractivity contribution is 6.32. The van der Waals surface area contributed by atoms with Gasteiger partial charge in [-0.2, -0.15) is 10.1 Å². The SMILES string of the molecule is Cc1nn(C)c(C)c1Nc1ncc(Cl)c(N[C@H]2[C@@H](C(N)=O)[C@@H]3C=C[C@H]2C3)n1. The fourth-order valence-corrected chi connectivity index (χ4v) is 4.31. The van der Waals surface area contributed by atoms with Gasteiger partial charge in [-0.05, 0) is 32.1 Å². The lowest BCUT2D eigenvalue weighted by Crippen LogP contribution is -2.41. The summed E-state index contributed by atoms with van der Waals surface area (Å²) in [5, 5.41) is 11.3. The van der Waals surface area contributed by atoms with Crippen molar-refractivity contribution >= 4 is 35.0 Å². The molecule has 4 atom stereocenters. The average molecular weight is 388 g/mol. The van der Waals surface area contributed by atoms with E-state index in [4.69, 9.17) is 17.3 Å². The molecule has 1 fully saturated rings. The standard InChI is InChI=1S/C18H22ClN7O/c1-8-14(9(2)26(3)25-8)23-18-21-7-12(19)17(24-18)22-15-11-5-4-10(6-11)13(15)16(20)27/h4-5,7,10-11,13,15H,6H2,1-3H3,(H2,20,27)(H2,21,22,23,24)/t10-,11+,13+,15-/m1/s1. The number of anilines is 3. The van der Waals surface area contributed by atoms with E-state index in [-0.39, 0.29) is 29.7 Å². The van der Waals surface area contributed by atoms with Crippen molar-refractivity contribution < 1.29 is 4.79 Å². The lowest BCUT2D eigenvalue weighted by Gasteiger charge is -2.27. The summed E-state index contributed by atoms with van der Waals surface area (Å²) in [5.74, 6) is 0.780.